The number of carbonyl (C=O) groups is 1. The van der Waals surface area contributed by atoms with Gasteiger partial charge in [0.15, 0.2) is 0 Å². The lowest BCUT2D eigenvalue weighted by atomic mass is 10.4. The third kappa shape index (κ3) is 5.97. The lowest BCUT2D eigenvalue weighted by molar-refractivity contribution is -0.877. The molecule has 0 aromatic rings. The molecule has 0 radical (unpaired) electrons. The van der Waals surface area contributed by atoms with Gasteiger partial charge in [-0.25, -0.2) is 0 Å². The van der Waals surface area contributed by atoms with E-state index >= 15 is 0 Å². The van der Waals surface area contributed by atoms with Crippen molar-refractivity contribution in [1.29, 1.82) is 0 Å². The highest BCUT2D eigenvalue weighted by molar-refractivity contribution is 5.53. The first-order chi connectivity index (χ1) is 5.48. The van der Waals surface area contributed by atoms with Crippen LogP contribution in [-0.4, -0.2) is 44.9 Å². The zero-order chi connectivity index (χ0) is 9.61. The average Bonchev–Trinajstić information content (AvgIpc) is 2.35. The van der Waals surface area contributed by atoms with Gasteiger partial charge >= 0.3 is 0 Å². The minimum atomic E-state index is -1.50. The maximum Gasteiger partial charge on any atom is 0.251 e. The SMILES string of the molecule is COC(=O)[O-].C[N+]1(C)CCCC1. The van der Waals surface area contributed by atoms with E-state index in [2.05, 4.69) is 18.8 Å². The van der Waals surface area contributed by atoms with Crippen molar-refractivity contribution < 1.29 is 19.1 Å². The van der Waals surface area contributed by atoms with Gasteiger partial charge in [0, 0.05) is 20.0 Å². The van der Waals surface area contributed by atoms with Crippen molar-refractivity contribution in [2.75, 3.05) is 34.3 Å². The third-order valence-electron chi connectivity index (χ3n) is 1.94. The van der Waals surface area contributed by atoms with Crippen LogP contribution in [0.5, 0.6) is 0 Å². The summed E-state index contributed by atoms with van der Waals surface area (Å²) in [7, 11) is 5.63. The molecule has 0 atom stereocenters. The molecule has 1 aliphatic rings. The highest BCUT2D eigenvalue weighted by Crippen LogP contribution is 2.11. The van der Waals surface area contributed by atoms with Crippen molar-refractivity contribution in [1.82, 2.24) is 0 Å². The van der Waals surface area contributed by atoms with Gasteiger partial charge in [0.2, 0.25) is 0 Å². The molecule has 1 saturated heterocycles. The summed E-state index contributed by atoms with van der Waals surface area (Å²) in [6, 6.07) is 0. The Bertz CT molecular complexity index is 137. The highest BCUT2D eigenvalue weighted by atomic mass is 16.6. The number of likely N-dealkylation sites (tertiary alicyclic amines) is 1. The number of rotatable bonds is 0. The molecule has 12 heavy (non-hydrogen) atoms. The summed E-state index contributed by atoms with van der Waals surface area (Å²) in [4.78, 5) is 9.03. The third-order valence-corrected chi connectivity index (χ3v) is 1.94. The van der Waals surface area contributed by atoms with Crippen LogP contribution >= 0.6 is 0 Å². The predicted octanol–water partition coefficient (Wildman–Crippen LogP) is -0.167. The molecule has 4 heteroatoms. The predicted molar refractivity (Wildman–Crippen MR) is 43.5 cm³/mol. The molecule has 4 nitrogen and oxygen atoms in total. The Labute approximate surface area is 73.3 Å². The second-order valence-corrected chi connectivity index (χ2v) is 3.54. The zero-order valence-electron chi connectivity index (χ0n) is 8.00. The molecule has 1 heterocycles. The Morgan fingerprint density at radius 3 is 1.75 bits per heavy atom. The minimum absolute atomic E-state index is 1.04. The number of hydrogen-bond donors (Lipinski definition) is 0. The lowest BCUT2D eigenvalue weighted by Crippen LogP contribution is -2.35. The molecule has 1 rings (SSSR count). The summed E-state index contributed by atoms with van der Waals surface area (Å²) in [5.41, 5.74) is 0. The molecule has 0 N–H and O–H groups in total. The lowest BCUT2D eigenvalue weighted by Gasteiger charge is -2.21. The normalized spacial score (nSPS) is 19.2. The van der Waals surface area contributed by atoms with E-state index in [1.807, 2.05) is 0 Å². The van der Waals surface area contributed by atoms with Gasteiger partial charge in [0.25, 0.3) is 6.16 Å². The van der Waals surface area contributed by atoms with Crippen molar-refractivity contribution in [3.05, 3.63) is 0 Å². The second kappa shape index (κ2) is 4.98. The van der Waals surface area contributed by atoms with Crippen LogP contribution in [0.4, 0.5) is 4.79 Å². The Morgan fingerprint density at radius 2 is 1.67 bits per heavy atom. The smallest absolute Gasteiger partial charge is 0.251 e. The first kappa shape index (κ1) is 11.2. The Hall–Kier alpha value is -0.770. The van der Waals surface area contributed by atoms with Crippen LogP contribution in [0.1, 0.15) is 12.8 Å². The van der Waals surface area contributed by atoms with E-state index in [1.54, 1.807) is 0 Å². The molecular formula is C8H17NO3. The molecular weight excluding hydrogens is 158 g/mol. The first-order valence-electron chi connectivity index (χ1n) is 4.05. The van der Waals surface area contributed by atoms with E-state index in [0.29, 0.717) is 0 Å². The molecule has 0 aliphatic carbocycles. The highest BCUT2D eigenvalue weighted by Gasteiger charge is 2.19. The van der Waals surface area contributed by atoms with Crippen LogP contribution in [-0.2, 0) is 4.74 Å². The maximum absolute atomic E-state index is 9.03. The van der Waals surface area contributed by atoms with E-state index in [-0.39, 0.29) is 0 Å². The molecule has 1 aliphatic heterocycles. The minimum Gasteiger partial charge on any atom is -0.553 e. The summed E-state index contributed by atoms with van der Waals surface area (Å²) in [6.07, 6.45) is 1.38. The van der Waals surface area contributed by atoms with Crippen LogP contribution in [0.3, 0.4) is 0 Å². The second-order valence-electron chi connectivity index (χ2n) is 3.54. The maximum atomic E-state index is 9.03. The number of quaternary nitrogens is 1. The van der Waals surface area contributed by atoms with E-state index in [0.717, 1.165) is 7.11 Å². The van der Waals surface area contributed by atoms with Gasteiger partial charge in [-0.3, -0.25) is 0 Å². The molecule has 0 bridgehead atoms. The van der Waals surface area contributed by atoms with Crippen molar-refractivity contribution in [2.24, 2.45) is 0 Å². The van der Waals surface area contributed by atoms with E-state index < -0.39 is 6.16 Å². The summed E-state index contributed by atoms with van der Waals surface area (Å²) in [5.74, 6) is 0. The molecule has 0 amide bonds. The van der Waals surface area contributed by atoms with Crippen LogP contribution in [0.2, 0.25) is 0 Å². The fourth-order valence-corrected chi connectivity index (χ4v) is 1.19. The summed E-state index contributed by atoms with van der Waals surface area (Å²) < 4.78 is 4.81. The molecule has 0 aromatic heterocycles. The molecule has 0 saturated carbocycles. The molecule has 1 fully saturated rings. The summed E-state index contributed by atoms with van der Waals surface area (Å²) in [6.45, 7) is 2.78. The van der Waals surface area contributed by atoms with Gasteiger partial charge in [-0.1, -0.05) is 0 Å². The van der Waals surface area contributed by atoms with Crippen LogP contribution in [0.25, 0.3) is 0 Å². The number of ether oxygens (including phenoxy) is 1. The fraction of sp³-hybridized carbons (Fsp3) is 0.875. The van der Waals surface area contributed by atoms with Gasteiger partial charge in [-0.05, 0) is 0 Å². The van der Waals surface area contributed by atoms with Crippen molar-refractivity contribution in [2.45, 2.75) is 12.8 Å². The standard InChI is InChI=1S/C6H14N.C2H4O3/c1-7(2)5-3-4-6-7;1-5-2(3)4/h3-6H2,1-2H3;1H3,(H,3,4)/q+1;/p-1. The molecule has 72 valence electrons. The number of nitrogens with zero attached hydrogens (tertiary/aromatic N) is 1. The number of methoxy groups -OCH3 is 1. The van der Waals surface area contributed by atoms with Gasteiger partial charge in [0.1, 0.15) is 0 Å². The van der Waals surface area contributed by atoms with E-state index in [9.17, 15) is 0 Å². The van der Waals surface area contributed by atoms with Crippen molar-refractivity contribution >= 4 is 6.16 Å². The van der Waals surface area contributed by atoms with Gasteiger partial charge in [-0.15, -0.1) is 0 Å². The average molecular weight is 175 g/mol. The van der Waals surface area contributed by atoms with Crippen LogP contribution < -0.4 is 5.11 Å². The van der Waals surface area contributed by atoms with E-state index in [1.165, 1.54) is 30.4 Å². The molecule has 0 aromatic carbocycles. The monoisotopic (exact) mass is 175 g/mol. The topological polar surface area (TPSA) is 49.4 Å². The fourth-order valence-electron chi connectivity index (χ4n) is 1.19. The first-order valence-corrected chi connectivity index (χ1v) is 4.05. The van der Waals surface area contributed by atoms with Gasteiger partial charge < -0.3 is 19.1 Å². The zero-order valence-corrected chi connectivity index (χ0v) is 8.00. The van der Waals surface area contributed by atoms with Gasteiger partial charge in [0.05, 0.1) is 27.2 Å². The van der Waals surface area contributed by atoms with E-state index in [4.69, 9.17) is 9.90 Å². The van der Waals surface area contributed by atoms with Crippen molar-refractivity contribution in [3.8, 4) is 0 Å². The largest absolute Gasteiger partial charge is 0.553 e. The van der Waals surface area contributed by atoms with Gasteiger partial charge in [-0.2, -0.15) is 0 Å². The Balaban J connectivity index is 0.000000217. The van der Waals surface area contributed by atoms with Crippen LogP contribution in [0, 0.1) is 0 Å². The molecule has 0 unspecified atom stereocenters. The Kier molecular flexibility index (Phi) is 4.66. The molecule has 0 spiro atoms. The number of carboxylic acid groups (broad SMARTS) is 1. The summed E-state index contributed by atoms with van der Waals surface area (Å²) in [5, 5.41) is 9.03. The van der Waals surface area contributed by atoms with Crippen molar-refractivity contribution in [3.63, 3.8) is 0 Å². The Morgan fingerprint density at radius 1 is 1.33 bits per heavy atom. The number of carbonyl (C=O) groups excluding carboxylic acids is 1. The quantitative estimate of drug-likeness (QED) is 0.379. The van der Waals surface area contributed by atoms with Crippen LogP contribution in [0.15, 0.2) is 0 Å². The summed E-state index contributed by atoms with van der Waals surface area (Å²) >= 11 is 0. The number of hydrogen-bond acceptors (Lipinski definition) is 3.